The molecule has 6 heteroatoms. The summed E-state index contributed by atoms with van der Waals surface area (Å²) in [5, 5.41) is 2.65. The number of anilines is 1. The minimum atomic E-state index is -0.531. The molecule has 0 aliphatic heterocycles. The van der Waals surface area contributed by atoms with Crippen LogP contribution in [0.1, 0.15) is 5.56 Å². The van der Waals surface area contributed by atoms with Crippen molar-refractivity contribution in [3.8, 4) is 0 Å². The van der Waals surface area contributed by atoms with Gasteiger partial charge < -0.3 is 16.8 Å². The topological polar surface area (TPSA) is 81.1 Å². The molecule has 0 fully saturated rings. The van der Waals surface area contributed by atoms with Crippen LogP contribution in [0.4, 0.5) is 10.1 Å². The van der Waals surface area contributed by atoms with Gasteiger partial charge in [-0.25, -0.2) is 4.39 Å². The maximum Gasteiger partial charge on any atom is 0.236 e. The molecule has 1 aromatic carbocycles. The van der Waals surface area contributed by atoms with Gasteiger partial charge in [0.1, 0.15) is 10.8 Å². The zero-order valence-electron chi connectivity index (χ0n) is 7.79. The van der Waals surface area contributed by atoms with Crippen LogP contribution in [0.3, 0.4) is 0 Å². The first-order valence-corrected chi connectivity index (χ1v) is 4.53. The number of carbonyl (C=O) groups is 1. The Morgan fingerprint density at radius 1 is 1.47 bits per heavy atom. The van der Waals surface area contributed by atoms with Crippen LogP contribution in [0.25, 0.3) is 0 Å². The highest BCUT2D eigenvalue weighted by atomic mass is 32.1. The van der Waals surface area contributed by atoms with Crippen LogP contribution >= 0.6 is 12.2 Å². The number of thiocarbonyl (C=S) groups is 1. The second-order valence-corrected chi connectivity index (χ2v) is 3.32. The fourth-order valence-corrected chi connectivity index (χ4v) is 1.18. The predicted octanol–water partition coefficient (Wildman–Crippen LogP) is 0.357. The molecule has 5 N–H and O–H groups in total. The van der Waals surface area contributed by atoms with E-state index >= 15 is 0 Å². The Hall–Kier alpha value is -1.69. The molecule has 0 aliphatic rings. The van der Waals surface area contributed by atoms with Crippen LogP contribution in [-0.2, 0) is 4.79 Å². The molecule has 80 valence electrons. The van der Waals surface area contributed by atoms with Crippen LogP contribution in [-0.4, -0.2) is 17.4 Å². The zero-order valence-corrected chi connectivity index (χ0v) is 8.60. The number of nitrogens with one attached hydrogen (secondary N) is 1. The van der Waals surface area contributed by atoms with Crippen molar-refractivity contribution in [1.82, 2.24) is 0 Å². The average molecular weight is 227 g/mol. The second kappa shape index (κ2) is 4.70. The van der Waals surface area contributed by atoms with Crippen molar-refractivity contribution in [2.24, 2.45) is 11.5 Å². The lowest BCUT2D eigenvalue weighted by molar-refractivity contribution is -0.116. The zero-order chi connectivity index (χ0) is 11.4. The number of halogens is 1. The molecule has 0 radical (unpaired) electrons. The number of hydrogen-bond acceptors (Lipinski definition) is 3. The third kappa shape index (κ3) is 3.17. The van der Waals surface area contributed by atoms with E-state index in [1.807, 2.05) is 0 Å². The number of hydrogen-bond donors (Lipinski definition) is 3. The van der Waals surface area contributed by atoms with Crippen molar-refractivity contribution in [1.29, 1.82) is 0 Å². The quantitative estimate of drug-likeness (QED) is 0.649. The van der Waals surface area contributed by atoms with Gasteiger partial charge in [-0.15, -0.1) is 0 Å². The Morgan fingerprint density at radius 2 is 2.13 bits per heavy atom. The number of primary amides is 1. The van der Waals surface area contributed by atoms with Gasteiger partial charge in [-0.1, -0.05) is 12.2 Å². The normalized spacial score (nSPS) is 9.67. The number of benzene rings is 1. The van der Waals surface area contributed by atoms with Gasteiger partial charge in [0.25, 0.3) is 0 Å². The van der Waals surface area contributed by atoms with E-state index in [9.17, 15) is 9.18 Å². The maximum absolute atomic E-state index is 13.3. The van der Waals surface area contributed by atoms with E-state index in [1.54, 1.807) is 6.07 Å². The highest BCUT2D eigenvalue weighted by Gasteiger charge is 2.05. The van der Waals surface area contributed by atoms with Crippen molar-refractivity contribution in [2.45, 2.75) is 0 Å². The van der Waals surface area contributed by atoms with Crippen LogP contribution in [0.15, 0.2) is 18.2 Å². The Kier molecular flexibility index (Phi) is 3.56. The molecule has 0 spiro atoms. The van der Waals surface area contributed by atoms with E-state index < -0.39 is 11.7 Å². The molecule has 0 saturated carbocycles. The third-order valence-electron chi connectivity index (χ3n) is 1.70. The van der Waals surface area contributed by atoms with Gasteiger partial charge in [-0.3, -0.25) is 4.79 Å². The van der Waals surface area contributed by atoms with Gasteiger partial charge >= 0.3 is 0 Å². The number of nitrogens with two attached hydrogens (primary N) is 2. The van der Waals surface area contributed by atoms with Crippen LogP contribution in [0.5, 0.6) is 0 Å². The first-order valence-electron chi connectivity index (χ1n) is 4.12. The van der Waals surface area contributed by atoms with Crippen LogP contribution in [0, 0.1) is 5.82 Å². The summed E-state index contributed by atoms with van der Waals surface area (Å²) in [6.45, 7) is -0.0497. The lowest BCUT2D eigenvalue weighted by Gasteiger charge is -2.06. The summed E-state index contributed by atoms with van der Waals surface area (Å²) in [6.07, 6.45) is 0. The Labute approximate surface area is 91.4 Å². The molecular weight excluding hydrogens is 217 g/mol. The van der Waals surface area contributed by atoms with Gasteiger partial charge in [0.2, 0.25) is 5.91 Å². The molecule has 0 atom stereocenters. The molecule has 1 amide bonds. The molecule has 0 heterocycles. The first kappa shape index (κ1) is 11.4. The largest absolute Gasteiger partial charge is 0.389 e. The highest BCUT2D eigenvalue weighted by molar-refractivity contribution is 7.80. The molecule has 0 aliphatic carbocycles. The monoisotopic (exact) mass is 227 g/mol. The van der Waals surface area contributed by atoms with Gasteiger partial charge in [0.15, 0.2) is 0 Å². The first-order chi connectivity index (χ1) is 7.00. The summed E-state index contributed by atoms with van der Waals surface area (Å²) in [5.41, 5.74) is 10.8. The van der Waals surface area contributed by atoms with E-state index in [0.29, 0.717) is 5.69 Å². The van der Waals surface area contributed by atoms with Gasteiger partial charge in [0.05, 0.1) is 6.54 Å². The Bertz CT molecular complexity index is 408. The van der Waals surface area contributed by atoms with Crippen LogP contribution < -0.4 is 16.8 Å². The molecule has 0 bridgehead atoms. The summed E-state index contributed by atoms with van der Waals surface area (Å²) in [4.78, 5) is 10.5. The maximum atomic E-state index is 13.3. The van der Waals surface area contributed by atoms with E-state index in [4.69, 9.17) is 11.5 Å². The van der Waals surface area contributed by atoms with Crippen molar-refractivity contribution >= 4 is 28.8 Å². The van der Waals surface area contributed by atoms with Gasteiger partial charge in [-0.05, 0) is 18.2 Å². The van der Waals surface area contributed by atoms with Gasteiger partial charge in [0, 0.05) is 11.3 Å². The molecule has 1 rings (SSSR count). The molecule has 0 unspecified atom stereocenters. The smallest absolute Gasteiger partial charge is 0.236 e. The fraction of sp³-hybridized carbons (Fsp3) is 0.111. The third-order valence-corrected chi connectivity index (χ3v) is 1.92. The lowest BCUT2D eigenvalue weighted by atomic mass is 10.2. The number of rotatable bonds is 4. The van der Waals surface area contributed by atoms with Crippen molar-refractivity contribution in [3.05, 3.63) is 29.6 Å². The Balaban J connectivity index is 2.82. The lowest BCUT2D eigenvalue weighted by Crippen LogP contribution is -2.22. The molecule has 15 heavy (non-hydrogen) atoms. The summed E-state index contributed by atoms with van der Waals surface area (Å²) in [6, 6.07) is 4.22. The highest BCUT2D eigenvalue weighted by Crippen LogP contribution is 2.14. The van der Waals surface area contributed by atoms with Crippen molar-refractivity contribution in [2.75, 3.05) is 11.9 Å². The van der Waals surface area contributed by atoms with E-state index in [0.717, 1.165) is 0 Å². The molecule has 0 saturated heterocycles. The second-order valence-electron chi connectivity index (χ2n) is 2.88. The molecule has 0 aromatic heterocycles. The minimum Gasteiger partial charge on any atom is -0.389 e. The van der Waals surface area contributed by atoms with Gasteiger partial charge in [-0.2, -0.15) is 0 Å². The SMILES string of the molecule is NC(=O)CNc1ccc(C(N)=S)c(F)c1. The minimum absolute atomic E-state index is 0.00560. The fourth-order valence-electron chi connectivity index (χ4n) is 1.01. The predicted molar refractivity (Wildman–Crippen MR) is 60.0 cm³/mol. The van der Waals surface area contributed by atoms with Crippen LogP contribution in [0.2, 0.25) is 0 Å². The molecule has 4 nitrogen and oxygen atoms in total. The average Bonchev–Trinajstić information content (AvgIpc) is 2.14. The summed E-state index contributed by atoms with van der Waals surface area (Å²) in [7, 11) is 0. The molecule has 1 aromatic rings. The van der Waals surface area contributed by atoms with E-state index in [-0.39, 0.29) is 17.1 Å². The van der Waals surface area contributed by atoms with E-state index in [1.165, 1.54) is 12.1 Å². The number of amides is 1. The summed E-state index contributed by atoms with van der Waals surface area (Å²) >= 11 is 4.64. The molecular formula is C9H10FN3OS. The summed E-state index contributed by atoms with van der Waals surface area (Å²) in [5.74, 6) is -1.05. The number of carbonyl (C=O) groups excluding carboxylic acids is 1. The van der Waals surface area contributed by atoms with Crippen molar-refractivity contribution < 1.29 is 9.18 Å². The van der Waals surface area contributed by atoms with E-state index in [2.05, 4.69) is 17.5 Å². The van der Waals surface area contributed by atoms with Crippen molar-refractivity contribution in [3.63, 3.8) is 0 Å². The standard InChI is InChI=1S/C9H10FN3OS/c10-7-3-5(13-4-8(11)14)1-2-6(7)9(12)15/h1-3,13H,4H2,(H2,11,14)(H2,12,15). The Morgan fingerprint density at radius 3 is 2.60 bits per heavy atom. The summed E-state index contributed by atoms with van der Waals surface area (Å²) < 4.78 is 13.3.